The van der Waals surface area contributed by atoms with E-state index in [9.17, 15) is 4.79 Å². The number of likely N-dealkylation sites (tertiary alicyclic amines) is 1. The Labute approximate surface area is 82.5 Å². The first-order chi connectivity index (χ1) is 6.16. The Morgan fingerprint density at radius 1 is 1.54 bits per heavy atom. The van der Waals surface area contributed by atoms with Gasteiger partial charge in [-0.2, -0.15) is 11.8 Å². The number of carbonyl (C=O) groups is 1. The third kappa shape index (κ3) is 1.83. The van der Waals surface area contributed by atoms with Crippen LogP contribution in [0.1, 0.15) is 13.3 Å². The molecule has 2 unspecified atom stereocenters. The number of hydrogen-bond acceptors (Lipinski definition) is 3. The molecule has 0 saturated carbocycles. The number of carboxylic acid groups (broad SMARTS) is 1. The zero-order valence-electron chi connectivity index (χ0n) is 7.77. The van der Waals surface area contributed by atoms with Gasteiger partial charge in [-0.25, -0.2) is 0 Å². The minimum Gasteiger partial charge on any atom is -0.481 e. The predicted molar refractivity (Wildman–Crippen MR) is 53.0 cm³/mol. The second-order valence-electron chi connectivity index (χ2n) is 4.02. The predicted octanol–water partition coefficient (Wildman–Crippen LogP) is 0.897. The van der Waals surface area contributed by atoms with Gasteiger partial charge in [0, 0.05) is 30.1 Å². The van der Waals surface area contributed by atoms with E-state index in [1.807, 2.05) is 11.8 Å². The van der Waals surface area contributed by atoms with Gasteiger partial charge in [-0.15, -0.1) is 0 Å². The van der Waals surface area contributed by atoms with Crippen molar-refractivity contribution < 1.29 is 9.90 Å². The highest BCUT2D eigenvalue weighted by Crippen LogP contribution is 2.32. The molecule has 2 atom stereocenters. The molecule has 3 nitrogen and oxygen atoms in total. The lowest BCUT2D eigenvalue weighted by Crippen LogP contribution is -2.54. The van der Waals surface area contributed by atoms with E-state index >= 15 is 0 Å². The Balaban J connectivity index is 1.77. The monoisotopic (exact) mass is 201 g/mol. The minimum absolute atomic E-state index is 0.0964. The Hall–Kier alpha value is -0.220. The summed E-state index contributed by atoms with van der Waals surface area (Å²) in [5, 5.41) is 9.47. The molecule has 4 heteroatoms. The van der Waals surface area contributed by atoms with E-state index in [0.29, 0.717) is 6.04 Å². The van der Waals surface area contributed by atoms with E-state index in [4.69, 9.17) is 5.11 Å². The summed E-state index contributed by atoms with van der Waals surface area (Å²) < 4.78 is 0. The maximum atomic E-state index is 10.6. The summed E-state index contributed by atoms with van der Waals surface area (Å²) in [5.74, 6) is 0.462. The lowest BCUT2D eigenvalue weighted by molar-refractivity contribution is -0.148. The molecule has 2 saturated heterocycles. The van der Waals surface area contributed by atoms with E-state index in [2.05, 4.69) is 11.8 Å². The van der Waals surface area contributed by atoms with Crippen LogP contribution >= 0.6 is 11.8 Å². The fraction of sp³-hybridized carbons (Fsp3) is 0.889. The van der Waals surface area contributed by atoms with Crippen molar-refractivity contribution in [2.75, 3.05) is 18.8 Å². The van der Waals surface area contributed by atoms with E-state index < -0.39 is 5.97 Å². The SMILES string of the molecule is CC1CC(N2CC(C(=O)O)C2)CS1. The second-order valence-corrected chi connectivity index (χ2v) is 5.49. The first kappa shape index (κ1) is 9.34. The third-order valence-corrected chi connectivity index (χ3v) is 4.29. The second kappa shape index (κ2) is 3.50. The topological polar surface area (TPSA) is 40.5 Å². The molecular formula is C9H15NO2S. The summed E-state index contributed by atoms with van der Waals surface area (Å²) in [4.78, 5) is 12.9. The first-order valence-corrected chi connectivity index (χ1v) is 5.80. The standard InChI is InChI=1S/C9H15NO2S/c1-6-2-8(5-13-6)10-3-7(4-10)9(11)12/h6-8H,2-5H2,1H3,(H,11,12). The molecule has 2 fully saturated rings. The Bertz CT molecular complexity index is 216. The van der Waals surface area contributed by atoms with Crippen LogP contribution in [0.2, 0.25) is 0 Å². The Kier molecular flexibility index (Phi) is 2.51. The highest BCUT2D eigenvalue weighted by molar-refractivity contribution is 8.00. The average Bonchev–Trinajstić information content (AvgIpc) is 2.31. The van der Waals surface area contributed by atoms with E-state index in [1.165, 1.54) is 12.2 Å². The summed E-state index contributed by atoms with van der Waals surface area (Å²) in [6.45, 7) is 3.79. The largest absolute Gasteiger partial charge is 0.481 e. The summed E-state index contributed by atoms with van der Waals surface area (Å²) in [5.41, 5.74) is 0. The smallest absolute Gasteiger partial charge is 0.309 e. The molecule has 0 aliphatic carbocycles. The highest BCUT2D eigenvalue weighted by atomic mass is 32.2. The summed E-state index contributed by atoms with van der Waals surface area (Å²) >= 11 is 2.00. The summed E-state index contributed by atoms with van der Waals surface area (Å²) in [7, 11) is 0. The number of aliphatic carboxylic acids is 1. The van der Waals surface area contributed by atoms with Crippen molar-refractivity contribution in [2.24, 2.45) is 5.92 Å². The number of rotatable bonds is 2. The molecule has 0 bridgehead atoms. The molecule has 13 heavy (non-hydrogen) atoms. The average molecular weight is 201 g/mol. The molecule has 0 aromatic rings. The van der Waals surface area contributed by atoms with Crippen LogP contribution in [0.25, 0.3) is 0 Å². The molecule has 2 rings (SSSR count). The molecule has 74 valence electrons. The summed E-state index contributed by atoms with van der Waals surface area (Å²) in [6, 6.07) is 0.649. The molecule has 1 N–H and O–H groups in total. The maximum absolute atomic E-state index is 10.6. The van der Waals surface area contributed by atoms with Crippen molar-refractivity contribution in [3.8, 4) is 0 Å². The zero-order chi connectivity index (χ0) is 9.42. The third-order valence-electron chi connectivity index (χ3n) is 2.95. The first-order valence-electron chi connectivity index (χ1n) is 4.75. The summed E-state index contributed by atoms with van der Waals surface area (Å²) in [6.07, 6.45) is 1.23. The molecule has 0 aromatic carbocycles. The maximum Gasteiger partial charge on any atom is 0.309 e. The zero-order valence-corrected chi connectivity index (χ0v) is 8.59. The van der Waals surface area contributed by atoms with Gasteiger partial charge < -0.3 is 5.11 Å². The Morgan fingerprint density at radius 2 is 2.23 bits per heavy atom. The molecule has 2 heterocycles. The highest BCUT2D eigenvalue weighted by Gasteiger charge is 2.38. The van der Waals surface area contributed by atoms with Gasteiger partial charge in [0.25, 0.3) is 0 Å². The van der Waals surface area contributed by atoms with Crippen molar-refractivity contribution in [1.82, 2.24) is 4.90 Å². The molecule has 0 aromatic heterocycles. The van der Waals surface area contributed by atoms with E-state index in [-0.39, 0.29) is 5.92 Å². The van der Waals surface area contributed by atoms with Crippen LogP contribution in [0.3, 0.4) is 0 Å². The molecule has 0 amide bonds. The molecular weight excluding hydrogens is 186 g/mol. The molecule has 0 spiro atoms. The van der Waals surface area contributed by atoms with Gasteiger partial charge in [-0.3, -0.25) is 9.69 Å². The van der Waals surface area contributed by atoms with Crippen molar-refractivity contribution >= 4 is 17.7 Å². The number of nitrogens with zero attached hydrogens (tertiary/aromatic N) is 1. The van der Waals surface area contributed by atoms with Crippen molar-refractivity contribution in [3.05, 3.63) is 0 Å². The van der Waals surface area contributed by atoms with E-state index in [0.717, 1.165) is 18.3 Å². The van der Waals surface area contributed by atoms with Gasteiger partial charge in [0.2, 0.25) is 0 Å². The van der Waals surface area contributed by atoms with Gasteiger partial charge in [0.1, 0.15) is 0 Å². The van der Waals surface area contributed by atoms with Crippen LogP contribution in [-0.2, 0) is 4.79 Å². The van der Waals surface area contributed by atoms with E-state index in [1.54, 1.807) is 0 Å². The minimum atomic E-state index is -0.630. The quantitative estimate of drug-likeness (QED) is 0.720. The molecule has 0 radical (unpaired) electrons. The fourth-order valence-corrected chi connectivity index (χ4v) is 3.27. The van der Waals surface area contributed by atoms with Gasteiger partial charge in [0.05, 0.1) is 5.92 Å². The number of hydrogen-bond donors (Lipinski definition) is 1. The molecule has 2 aliphatic heterocycles. The lowest BCUT2D eigenvalue weighted by Gasteiger charge is -2.40. The van der Waals surface area contributed by atoms with Crippen LogP contribution < -0.4 is 0 Å². The van der Waals surface area contributed by atoms with Gasteiger partial charge >= 0.3 is 5.97 Å². The Morgan fingerprint density at radius 3 is 2.69 bits per heavy atom. The van der Waals surface area contributed by atoms with Crippen molar-refractivity contribution in [2.45, 2.75) is 24.6 Å². The lowest BCUT2D eigenvalue weighted by atomic mass is 9.97. The van der Waals surface area contributed by atoms with Crippen LogP contribution in [0, 0.1) is 5.92 Å². The van der Waals surface area contributed by atoms with Gasteiger partial charge in [-0.1, -0.05) is 6.92 Å². The normalized spacial score (nSPS) is 36.1. The van der Waals surface area contributed by atoms with Gasteiger partial charge in [0.15, 0.2) is 0 Å². The van der Waals surface area contributed by atoms with Crippen molar-refractivity contribution in [3.63, 3.8) is 0 Å². The van der Waals surface area contributed by atoms with Gasteiger partial charge in [-0.05, 0) is 6.42 Å². The van der Waals surface area contributed by atoms with Crippen LogP contribution in [-0.4, -0.2) is 46.1 Å². The van der Waals surface area contributed by atoms with Crippen LogP contribution in [0.4, 0.5) is 0 Å². The van der Waals surface area contributed by atoms with Crippen molar-refractivity contribution in [1.29, 1.82) is 0 Å². The fourth-order valence-electron chi connectivity index (χ4n) is 2.02. The number of carboxylic acids is 1. The number of thioether (sulfide) groups is 1. The van der Waals surface area contributed by atoms with Crippen LogP contribution in [0.15, 0.2) is 0 Å². The van der Waals surface area contributed by atoms with Crippen LogP contribution in [0.5, 0.6) is 0 Å². The molecule has 2 aliphatic rings.